The van der Waals surface area contributed by atoms with Gasteiger partial charge in [-0.15, -0.1) is 0 Å². The molecule has 1 saturated carbocycles. The van der Waals surface area contributed by atoms with Gasteiger partial charge in [0.2, 0.25) is 21.8 Å². The van der Waals surface area contributed by atoms with Crippen LogP contribution in [0, 0.1) is 5.92 Å². The molecule has 0 aromatic carbocycles. The summed E-state index contributed by atoms with van der Waals surface area (Å²) in [6, 6.07) is -0.593. The lowest BCUT2D eigenvalue weighted by Crippen LogP contribution is -2.53. The molecule has 8 heteroatoms. The Morgan fingerprint density at radius 3 is 2.16 bits per heavy atom. The molecule has 144 valence electrons. The van der Waals surface area contributed by atoms with E-state index in [9.17, 15) is 18.0 Å². The molecular formula is C17H31N3O4S. The first-order valence-electron chi connectivity index (χ1n) is 9.22. The van der Waals surface area contributed by atoms with Crippen LogP contribution in [0.15, 0.2) is 0 Å². The van der Waals surface area contributed by atoms with Crippen molar-refractivity contribution in [3.8, 4) is 0 Å². The van der Waals surface area contributed by atoms with E-state index in [1.807, 2.05) is 0 Å². The molecule has 1 saturated heterocycles. The van der Waals surface area contributed by atoms with Crippen LogP contribution in [0.25, 0.3) is 0 Å². The highest BCUT2D eigenvalue weighted by molar-refractivity contribution is 7.88. The van der Waals surface area contributed by atoms with Crippen molar-refractivity contribution in [3.63, 3.8) is 0 Å². The van der Waals surface area contributed by atoms with Gasteiger partial charge < -0.3 is 10.2 Å². The summed E-state index contributed by atoms with van der Waals surface area (Å²) in [6.07, 6.45) is 7.63. The van der Waals surface area contributed by atoms with E-state index in [-0.39, 0.29) is 23.8 Å². The standard InChI is InChI=1S/C17H31N3O4S/c1-13(18-16(21)14-7-5-4-6-8-14)17(22)20-11-9-15(10-12-20)19(2)25(3,23)24/h13-15H,4-12H2,1-3H3,(H,18,21). The molecule has 1 heterocycles. The minimum Gasteiger partial charge on any atom is -0.344 e. The van der Waals surface area contributed by atoms with E-state index in [1.165, 1.54) is 17.0 Å². The highest BCUT2D eigenvalue weighted by atomic mass is 32.2. The Labute approximate surface area is 151 Å². The predicted octanol–water partition coefficient (Wildman–Crippen LogP) is 0.954. The number of sulfonamides is 1. The highest BCUT2D eigenvalue weighted by Crippen LogP contribution is 2.24. The lowest BCUT2D eigenvalue weighted by Gasteiger charge is -2.37. The van der Waals surface area contributed by atoms with E-state index in [1.54, 1.807) is 18.9 Å². The third-order valence-electron chi connectivity index (χ3n) is 5.52. The van der Waals surface area contributed by atoms with Gasteiger partial charge in [-0.2, -0.15) is 0 Å². The molecule has 1 N–H and O–H groups in total. The molecule has 2 rings (SSSR count). The van der Waals surface area contributed by atoms with Gasteiger partial charge in [-0.1, -0.05) is 19.3 Å². The van der Waals surface area contributed by atoms with Gasteiger partial charge in [-0.05, 0) is 32.6 Å². The van der Waals surface area contributed by atoms with Gasteiger partial charge in [-0.3, -0.25) is 9.59 Å². The van der Waals surface area contributed by atoms with Crippen molar-refractivity contribution in [2.24, 2.45) is 5.92 Å². The van der Waals surface area contributed by atoms with E-state index in [2.05, 4.69) is 5.32 Å². The minimum atomic E-state index is -3.21. The summed E-state index contributed by atoms with van der Waals surface area (Å²) in [7, 11) is -1.62. The van der Waals surface area contributed by atoms with Gasteiger partial charge in [0, 0.05) is 32.1 Å². The molecule has 0 aromatic heterocycles. The van der Waals surface area contributed by atoms with Crippen LogP contribution in [0.4, 0.5) is 0 Å². The molecule has 1 unspecified atom stereocenters. The van der Waals surface area contributed by atoms with Crippen molar-refractivity contribution in [2.45, 2.75) is 64.0 Å². The summed E-state index contributed by atoms with van der Waals surface area (Å²) in [5.41, 5.74) is 0. The number of hydrogen-bond donors (Lipinski definition) is 1. The normalized spacial score (nSPS) is 22.0. The van der Waals surface area contributed by atoms with E-state index in [4.69, 9.17) is 0 Å². The zero-order chi connectivity index (χ0) is 18.6. The zero-order valence-corrected chi connectivity index (χ0v) is 16.3. The fourth-order valence-corrected chi connectivity index (χ4v) is 4.50. The molecule has 2 amide bonds. The van der Waals surface area contributed by atoms with Gasteiger partial charge in [0.1, 0.15) is 6.04 Å². The topological polar surface area (TPSA) is 86.8 Å². The first kappa shape index (κ1) is 20.2. The maximum absolute atomic E-state index is 12.6. The van der Waals surface area contributed by atoms with Crippen LogP contribution in [0.3, 0.4) is 0 Å². The maximum Gasteiger partial charge on any atom is 0.244 e. The average molecular weight is 374 g/mol. The van der Waals surface area contributed by atoms with E-state index in [0.29, 0.717) is 25.9 Å². The van der Waals surface area contributed by atoms with Crippen LogP contribution in [0.5, 0.6) is 0 Å². The number of carbonyl (C=O) groups excluding carboxylic acids is 2. The molecule has 0 spiro atoms. The van der Waals surface area contributed by atoms with E-state index in [0.717, 1.165) is 25.7 Å². The molecule has 25 heavy (non-hydrogen) atoms. The van der Waals surface area contributed by atoms with Crippen molar-refractivity contribution in [1.82, 2.24) is 14.5 Å². The van der Waals surface area contributed by atoms with Gasteiger partial charge in [0.15, 0.2) is 0 Å². The maximum atomic E-state index is 12.6. The number of carbonyl (C=O) groups is 2. The molecule has 1 atom stereocenters. The fourth-order valence-electron chi connectivity index (χ4n) is 3.75. The highest BCUT2D eigenvalue weighted by Gasteiger charge is 2.31. The molecular weight excluding hydrogens is 342 g/mol. The summed E-state index contributed by atoms with van der Waals surface area (Å²) in [5.74, 6) is -0.0463. The second-order valence-corrected chi connectivity index (χ2v) is 9.44. The number of hydrogen-bond acceptors (Lipinski definition) is 4. The summed E-state index contributed by atoms with van der Waals surface area (Å²) < 4.78 is 24.6. The third kappa shape index (κ3) is 5.41. The van der Waals surface area contributed by atoms with Crippen LogP contribution in [-0.2, 0) is 19.6 Å². The lowest BCUT2D eigenvalue weighted by atomic mass is 9.88. The third-order valence-corrected chi connectivity index (χ3v) is 6.86. The Balaban J connectivity index is 1.82. The van der Waals surface area contributed by atoms with Gasteiger partial charge in [-0.25, -0.2) is 12.7 Å². The van der Waals surface area contributed by atoms with Crippen molar-refractivity contribution in [2.75, 3.05) is 26.4 Å². The number of rotatable bonds is 5. The summed E-state index contributed by atoms with van der Waals surface area (Å²) in [6.45, 7) is 2.78. The lowest BCUT2D eigenvalue weighted by molar-refractivity contribution is -0.138. The van der Waals surface area contributed by atoms with Crippen LogP contribution in [0.1, 0.15) is 51.9 Å². The number of piperidine rings is 1. The molecule has 0 radical (unpaired) electrons. The van der Waals surface area contributed by atoms with E-state index >= 15 is 0 Å². The smallest absolute Gasteiger partial charge is 0.244 e. The number of likely N-dealkylation sites (tertiary alicyclic amines) is 1. The fraction of sp³-hybridized carbons (Fsp3) is 0.882. The number of nitrogens with zero attached hydrogens (tertiary/aromatic N) is 2. The van der Waals surface area contributed by atoms with Crippen molar-refractivity contribution >= 4 is 21.8 Å². The second kappa shape index (κ2) is 8.49. The number of amides is 2. The average Bonchev–Trinajstić information content (AvgIpc) is 2.60. The Morgan fingerprint density at radius 1 is 1.08 bits per heavy atom. The largest absolute Gasteiger partial charge is 0.344 e. The summed E-state index contributed by atoms with van der Waals surface area (Å²) in [5, 5.41) is 2.87. The first-order valence-corrected chi connectivity index (χ1v) is 11.1. The van der Waals surface area contributed by atoms with Crippen LogP contribution < -0.4 is 5.32 Å². The Kier molecular flexibility index (Phi) is 6.85. The summed E-state index contributed by atoms with van der Waals surface area (Å²) >= 11 is 0. The van der Waals surface area contributed by atoms with Crippen molar-refractivity contribution < 1.29 is 18.0 Å². The minimum absolute atomic E-state index is 0.00718. The molecule has 2 fully saturated rings. The Morgan fingerprint density at radius 2 is 1.64 bits per heavy atom. The van der Waals surface area contributed by atoms with Crippen molar-refractivity contribution in [1.29, 1.82) is 0 Å². The Bertz CT molecular complexity index is 579. The Hall–Kier alpha value is -1.15. The van der Waals surface area contributed by atoms with Crippen LogP contribution >= 0.6 is 0 Å². The molecule has 1 aliphatic heterocycles. The SMILES string of the molecule is CC(NC(=O)C1CCCCC1)C(=O)N1CCC(N(C)S(C)(=O)=O)CC1. The van der Waals surface area contributed by atoms with E-state index < -0.39 is 16.1 Å². The van der Waals surface area contributed by atoms with Crippen LogP contribution in [0.2, 0.25) is 0 Å². The molecule has 1 aliphatic carbocycles. The predicted molar refractivity (Wildman–Crippen MR) is 96.4 cm³/mol. The first-order chi connectivity index (χ1) is 11.7. The van der Waals surface area contributed by atoms with Crippen molar-refractivity contribution in [3.05, 3.63) is 0 Å². The monoisotopic (exact) mass is 373 g/mol. The molecule has 0 bridgehead atoms. The van der Waals surface area contributed by atoms with Gasteiger partial charge >= 0.3 is 0 Å². The van der Waals surface area contributed by atoms with Crippen LogP contribution in [-0.4, -0.2) is 67.9 Å². The molecule has 7 nitrogen and oxygen atoms in total. The molecule has 0 aromatic rings. The summed E-state index contributed by atoms with van der Waals surface area (Å²) in [4.78, 5) is 26.6. The number of nitrogens with one attached hydrogen (secondary N) is 1. The quantitative estimate of drug-likeness (QED) is 0.777. The molecule has 2 aliphatic rings. The van der Waals surface area contributed by atoms with Gasteiger partial charge in [0.25, 0.3) is 0 Å². The zero-order valence-electron chi connectivity index (χ0n) is 15.5. The van der Waals surface area contributed by atoms with Gasteiger partial charge in [0.05, 0.1) is 6.26 Å². The second-order valence-electron chi connectivity index (χ2n) is 7.40.